The minimum Gasteiger partial charge on any atom is -0.481 e. The number of fused-ring (bicyclic) bond motifs is 3. The normalized spacial score (nSPS) is 19.2. The largest absolute Gasteiger partial charge is 0.481 e. The predicted molar refractivity (Wildman–Crippen MR) is 66.2 cm³/mol. The Morgan fingerprint density at radius 2 is 2.24 bits per heavy atom. The van der Waals surface area contributed by atoms with E-state index < -0.39 is 5.97 Å². The van der Waals surface area contributed by atoms with Gasteiger partial charge in [-0.25, -0.2) is 0 Å². The predicted octanol–water partition coefficient (Wildman–Crippen LogP) is 3.06. The summed E-state index contributed by atoms with van der Waals surface area (Å²) < 4.78 is 0. The van der Waals surface area contributed by atoms with E-state index in [0.29, 0.717) is 0 Å². The van der Waals surface area contributed by atoms with Crippen molar-refractivity contribution in [3.8, 4) is 0 Å². The molecule has 1 heterocycles. The van der Waals surface area contributed by atoms with Gasteiger partial charge in [-0.2, -0.15) is 0 Å². The molecule has 1 atom stereocenters. The van der Waals surface area contributed by atoms with Gasteiger partial charge in [-0.1, -0.05) is 18.2 Å². The van der Waals surface area contributed by atoms with Gasteiger partial charge < -0.3 is 10.1 Å². The van der Waals surface area contributed by atoms with E-state index in [1.807, 2.05) is 12.1 Å². The highest BCUT2D eigenvalue weighted by atomic mass is 16.4. The molecule has 0 spiro atoms. The first kappa shape index (κ1) is 10.4. The van der Waals surface area contributed by atoms with Crippen LogP contribution >= 0.6 is 0 Å². The highest BCUT2D eigenvalue weighted by Crippen LogP contribution is 2.37. The first-order chi connectivity index (χ1) is 8.25. The number of aromatic amines is 1. The van der Waals surface area contributed by atoms with Crippen molar-refractivity contribution >= 4 is 16.9 Å². The molecular weight excluding hydrogens is 214 g/mol. The first-order valence-electron chi connectivity index (χ1n) is 6.07. The number of carboxylic acid groups (broad SMARTS) is 1. The van der Waals surface area contributed by atoms with Gasteiger partial charge >= 0.3 is 5.97 Å². The molecule has 0 bridgehead atoms. The van der Waals surface area contributed by atoms with Gasteiger partial charge in [-0.15, -0.1) is 0 Å². The van der Waals surface area contributed by atoms with Crippen LogP contribution in [0.4, 0.5) is 0 Å². The van der Waals surface area contributed by atoms with Crippen molar-refractivity contribution in [2.45, 2.75) is 31.6 Å². The van der Waals surface area contributed by atoms with E-state index in [4.69, 9.17) is 5.11 Å². The number of hydrogen-bond donors (Lipinski definition) is 2. The standard InChI is InChI=1S/C14H15NO2/c16-13(17)8-9-4-3-6-11-10-5-1-2-7-12(10)15-14(9)11/h1-2,5,7,9,15H,3-4,6,8H2,(H,16,17)/t9-/m0/s1. The van der Waals surface area contributed by atoms with Crippen molar-refractivity contribution in [3.05, 3.63) is 35.5 Å². The van der Waals surface area contributed by atoms with Gasteiger partial charge in [0.1, 0.15) is 0 Å². The molecule has 3 rings (SSSR count). The van der Waals surface area contributed by atoms with Crippen LogP contribution in [-0.2, 0) is 11.2 Å². The van der Waals surface area contributed by atoms with E-state index in [9.17, 15) is 4.79 Å². The van der Waals surface area contributed by atoms with Crippen molar-refractivity contribution in [3.63, 3.8) is 0 Å². The van der Waals surface area contributed by atoms with Crippen molar-refractivity contribution in [2.75, 3.05) is 0 Å². The lowest BCUT2D eigenvalue weighted by Gasteiger charge is -2.20. The molecule has 17 heavy (non-hydrogen) atoms. The smallest absolute Gasteiger partial charge is 0.304 e. The monoisotopic (exact) mass is 229 g/mol. The lowest BCUT2D eigenvalue weighted by molar-refractivity contribution is -0.137. The van der Waals surface area contributed by atoms with Crippen LogP contribution in [-0.4, -0.2) is 16.1 Å². The molecule has 3 nitrogen and oxygen atoms in total. The molecule has 88 valence electrons. The second-order valence-corrected chi connectivity index (χ2v) is 4.75. The zero-order chi connectivity index (χ0) is 11.8. The summed E-state index contributed by atoms with van der Waals surface area (Å²) in [6, 6.07) is 8.23. The number of hydrogen-bond acceptors (Lipinski definition) is 1. The molecule has 0 unspecified atom stereocenters. The molecule has 0 saturated heterocycles. The second-order valence-electron chi connectivity index (χ2n) is 4.75. The summed E-state index contributed by atoms with van der Waals surface area (Å²) >= 11 is 0. The fourth-order valence-corrected chi connectivity index (χ4v) is 2.92. The average molecular weight is 229 g/mol. The topological polar surface area (TPSA) is 53.1 Å². The number of aryl methyl sites for hydroxylation is 1. The van der Waals surface area contributed by atoms with Crippen LogP contribution in [0.25, 0.3) is 10.9 Å². The Balaban J connectivity index is 2.10. The lowest BCUT2D eigenvalue weighted by atomic mass is 9.85. The maximum absolute atomic E-state index is 10.9. The van der Waals surface area contributed by atoms with Crippen LogP contribution in [0, 0.1) is 0 Å². The number of H-pyrrole nitrogens is 1. The fourth-order valence-electron chi connectivity index (χ4n) is 2.92. The summed E-state index contributed by atoms with van der Waals surface area (Å²) in [6.45, 7) is 0. The molecule has 0 fully saturated rings. The number of rotatable bonds is 2. The van der Waals surface area contributed by atoms with Gasteiger partial charge in [-0.3, -0.25) is 4.79 Å². The van der Waals surface area contributed by atoms with Crippen LogP contribution in [0.3, 0.4) is 0 Å². The number of aliphatic carboxylic acids is 1. The second kappa shape index (κ2) is 3.91. The van der Waals surface area contributed by atoms with Crippen LogP contribution in [0.5, 0.6) is 0 Å². The Morgan fingerprint density at radius 3 is 3.06 bits per heavy atom. The zero-order valence-corrected chi connectivity index (χ0v) is 9.57. The van der Waals surface area contributed by atoms with Crippen molar-refractivity contribution < 1.29 is 9.90 Å². The summed E-state index contributed by atoms with van der Waals surface area (Å²) in [5.74, 6) is -0.551. The third-order valence-electron chi connectivity index (χ3n) is 3.66. The Kier molecular flexibility index (Phi) is 2.39. The number of nitrogens with one attached hydrogen (secondary N) is 1. The molecule has 1 aliphatic carbocycles. The molecule has 0 saturated carbocycles. The van der Waals surface area contributed by atoms with Gasteiger partial charge in [-0.05, 0) is 30.9 Å². The van der Waals surface area contributed by atoms with Crippen molar-refractivity contribution in [1.29, 1.82) is 0 Å². The Labute approximate surface area is 99.5 Å². The minimum absolute atomic E-state index is 0.156. The highest BCUT2D eigenvalue weighted by molar-refractivity contribution is 5.85. The number of aromatic nitrogens is 1. The summed E-state index contributed by atoms with van der Waals surface area (Å²) in [7, 11) is 0. The molecular formula is C14H15NO2. The Hall–Kier alpha value is -1.77. The van der Waals surface area contributed by atoms with Crippen LogP contribution in [0.1, 0.15) is 36.4 Å². The number of carboxylic acids is 1. The minimum atomic E-state index is -0.707. The van der Waals surface area contributed by atoms with Gasteiger partial charge in [0.15, 0.2) is 0 Å². The SMILES string of the molecule is O=C(O)C[C@@H]1CCCc2c1[nH]c1ccccc21. The molecule has 1 aromatic heterocycles. The molecule has 0 amide bonds. The first-order valence-corrected chi connectivity index (χ1v) is 6.07. The third-order valence-corrected chi connectivity index (χ3v) is 3.66. The van der Waals surface area contributed by atoms with E-state index in [2.05, 4.69) is 17.1 Å². The summed E-state index contributed by atoms with van der Waals surface area (Å²) in [4.78, 5) is 14.3. The molecule has 1 aliphatic rings. The average Bonchev–Trinajstić information content (AvgIpc) is 2.68. The van der Waals surface area contributed by atoms with Crippen LogP contribution in [0.2, 0.25) is 0 Å². The van der Waals surface area contributed by atoms with Gasteiger partial charge in [0, 0.05) is 22.5 Å². The zero-order valence-electron chi connectivity index (χ0n) is 9.57. The fraction of sp³-hybridized carbons (Fsp3) is 0.357. The molecule has 1 aromatic carbocycles. The van der Waals surface area contributed by atoms with E-state index in [-0.39, 0.29) is 12.3 Å². The highest BCUT2D eigenvalue weighted by Gasteiger charge is 2.25. The van der Waals surface area contributed by atoms with E-state index in [1.54, 1.807) is 0 Å². The van der Waals surface area contributed by atoms with E-state index in [1.165, 1.54) is 10.9 Å². The molecule has 2 N–H and O–H groups in total. The van der Waals surface area contributed by atoms with Crippen molar-refractivity contribution in [2.24, 2.45) is 0 Å². The molecule has 3 heteroatoms. The maximum Gasteiger partial charge on any atom is 0.304 e. The Morgan fingerprint density at radius 1 is 1.41 bits per heavy atom. The lowest BCUT2D eigenvalue weighted by Crippen LogP contribution is -2.13. The van der Waals surface area contributed by atoms with Crippen LogP contribution < -0.4 is 0 Å². The van der Waals surface area contributed by atoms with Gasteiger partial charge in [0.25, 0.3) is 0 Å². The van der Waals surface area contributed by atoms with Gasteiger partial charge in [0.05, 0.1) is 6.42 Å². The van der Waals surface area contributed by atoms with E-state index >= 15 is 0 Å². The van der Waals surface area contributed by atoms with Crippen LogP contribution in [0.15, 0.2) is 24.3 Å². The quantitative estimate of drug-likeness (QED) is 0.831. The van der Waals surface area contributed by atoms with Gasteiger partial charge in [0.2, 0.25) is 0 Å². The molecule has 0 radical (unpaired) electrons. The van der Waals surface area contributed by atoms with E-state index in [0.717, 1.165) is 30.5 Å². The number of para-hydroxylation sites is 1. The molecule has 0 aliphatic heterocycles. The molecule has 2 aromatic rings. The summed E-state index contributed by atoms with van der Waals surface area (Å²) in [5.41, 5.74) is 3.62. The maximum atomic E-state index is 10.9. The van der Waals surface area contributed by atoms with Crippen molar-refractivity contribution in [1.82, 2.24) is 4.98 Å². The number of carbonyl (C=O) groups is 1. The summed E-state index contributed by atoms with van der Waals surface area (Å²) in [6.07, 6.45) is 3.37. The summed E-state index contributed by atoms with van der Waals surface area (Å²) in [5, 5.41) is 10.2. The number of benzene rings is 1. The third kappa shape index (κ3) is 1.71. The Bertz CT molecular complexity index is 571.